The molecule has 0 amide bonds. The first-order valence-corrected chi connectivity index (χ1v) is 22.6. The van der Waals surface area contributed by atoms with E-state index in [-0.39, 0.29) is 58.7 Å². The number of fused-ring (bicyclic) bond motifs is 4. The number of nitro groups is 2. The van der Waals surface area contributed by atoms with E-state index >= 15 is 8.63 Å². The number of aromatic nitrogens is 1. The molecule has 4 aromatic carbocycles. The number of rotatable bonds is 19. The number of ether oxygens (including phenoxy) is 3. The van der Waals surface area contributed by atoms with Crippen molar-refractivity contribution in [1.29, 1.82) is 0 Å². The molecule has 67 heavy (non-hydrogen) atoms. The van der Waals surface area contributed by atoms with Gasteiger partial charge in [-0.15, -0.1) is 0 Å². The highest BCUT2D eigenvalue weighted by atomic mass is 19.2. The summed E-state index contributed by atoms with van der Waals surface area (Å²) in [7, 11) is 0. The highest BCUT2D eigenvalue weighted by Gasteiger charge is 2.55. The Labute approximate surface area is 385 Å². The third-order valence-corrected chi connectivity index (χ3v) is 13.1. The zero-order valence-corrected chi connectivity index (χ0v) is 36.5. The molecule has 4 aliphatic rings. The second-order valence-corrected chi connectivity index (χ2v) is 17.3. The summed E-state index contributed by atoms with van der Waals surface area (Å²) in [4.78, 5) is 48.1. The van der Waals surface area contributed by atoms with Gasteiger partial charge in [-0.2, -0.15) is 0 Å². The van der Waals surface area contributed by atoms with Crippen LogP contribution in [0.5, 0.6) is 5.75 Å². The average molecular weight is 909 g/mol. The van der Waals surface area contributed by atoms with Crippen LogP contribution in [0.3, 0.4) is 0 Å². The minimum absolute atomic E-state index is 0.0878. The van der Waals surface area contributed by atoms with Gasteiger partial charge >= 0.3 is 18.9 Å². The van der Waals surface area contributed by atoms with Crippen molar-refractivity contribution in [2.24, 2.45) is 17.8 Å². The molecule has 0 N–H and O–H groups in total. The van der Waals surface area contributed by atoms with Gasteiger partial charge in [0.1, 0.15) is 24.5 Å². The fraction of sp³-hybridized carbons (Fsp3) is 0.275. The number of hydrogen-bond acceptors (Lipinski definition) is 9. The number of allylic oxidation sites excluding steroid dienone is 4. The molecule has 5 aromatic rings. The fourth-order valence-electron chi connectivity index (χ4n) is 9.86. The predicted octanol–water partition coefficient (Wildman–Crippen LogP) is 10.8. The molecule has 9 rings (SSSR count). The van der Waals surface area contributed by atoms with Crippen molar-refractivity contribution in [2.75, 3.05) is 6.61 Å². The number of hydrogen-bond donors (Lipinski definition) is 0. The molecule has 2 aliphatic carbocycles. The minimum atomic E-state index is -4.54. The number of carbonyl (C=O) groups is 2. The number of esters is 2. The SMILES string of the molecule is O=C(CCCCCCC(=O)OC[C@@H]1CC2C=C[C@@H]1C2)OCc1ccc(OCc2c([N+](=O)[O-])cccc2[N+](=O)[O-])c(C2=C3C=CC(c4ccccc4)=[N+]3[B-](F)(F)n3c2ccc3-c2ccccc2)c1. The van der Waals surface area contributed by atoms with Crippen LogP contribution in [-0.4, -0.2) is 50.0 Å². The Kier molecular flexibility index (Phi) is 12.8. The number of nitro benzene ring substituents is 2. The molecule has 2 bridgehead atoms. The van der Waals surface area contributed by atoms with E-state index in [1.807, 2.05) is 0 Å². The normalized spacial score (nSPS) is 18.5. The summed E-state index contributed by atoms with van der Waals surface area (Å²) in [6.45, 7) is -4.85. The zero-order chi connectivity index (χ0) is 46.7. The van der Waals surface area contributed by atoms with E-state index in [1.54, 1.807) is 103 Å². The van der Waals surface area contributed by atoms with Gasteiger partial charge in [-0.3, -0.25) is 29.8 Å². The summed E-state index contributed by atoms with van der Waals surface area (Å²) >= 11 is 0. The van der Waals surface area contributed by atoms with E-state index < -0.39 is 40.8 Å². The van der Waals surface area contributed by atoms with Crippen molar-refractivity contribution in [2.45, 2.75) is 64.6 Å². The minimum Gasteiger partial charge on any atom is -0.488 e. The number of halogens is 2. The molecule has 0 spiro atoms. The van der Waals surface area contributed by atoms with Gasteiger partial charge in [-0.25, -0.2) is 0 Å². The van der Waals surface area contributed by atoms with Crippen molar-refractivity contribution in [3.8, 4) is 17.0 Å². The molecule has 0 saturated heterocycles. The van der Waals surface area contributed by atoms with Gasteiger partial charge in [0.15, 0.2) is 11.4 Å². The summed E-state index contributed by atoms with van der Waals surface area (Å²) < 4.78 is 54.6. The Morgan fingerprint density at radius 3 is 2.01 bits per heavy atom. The third-order valence-electron chi connectivity index (χ3n) is 13.1. The maximum absolute atomic E-state index is 17.5. The average Bonchev–Trinajstić information content (AvgIpc) is 4.17. The van der Waals surface area contributed by atoms with Crippen molar-refractivity contribution in [3.63, 3.8) is 0 Å². The van der Waals surface area contributed by atoms with Crippen LogP contribution in [-0.2, 0) is 32.3 Å². The van der Waals surface area contributed by atoms with E-state index in [2.05, 4.69) is 12.2 Å². The van der Waals surface area contributed by atoms with Crippen LogP contribution < -0.4 is 4.74 Å². The first kappa shape index (κ1) is 44.7. The summed E-state index contributed by atoms with van der Waals surface area (Å²) in [5, 5.41) is 24.1. The smallest absolute Gasteiger partial charge is 0.488 e. The van der Waals surface area contributed by atoms with Gasteiger partial charge in [-0.05, 0) is 97.0 Å². The van der Waals surface area contributed by atoms with Crippen LogP contribution in [0, 0.1) is 38.0 Å². The number of unbranched alkanes of at least 4 members (excludes halogenated alkanes) is 3. The molecular weight excluding hydrogens is 861 g/mol. The van der Waals surface area contributed by atoms with Gasteiger partial charge in [0.2, 0.25) is 0 Å². The van der Waals surface area contributed by atoms with E-state index in [4.69, 9.17) is 14.2 Å². The first-order valence-electron chi connectivity index (χ1n) is 22.6. The van der Waals surface area contributed by atoms with Crippen LogP contribution in [0.1, 0.15) is 79.3 Å². The quantitative estimate of drug-likeness (QED) is 0.0196. The lowest BCUT2D eigenvalue weighted by Gasteiger charge is -2.34. The van der Waals surface area contributed by atoms with E-state index in [0.29, 0.717) is 72.3 Å². The Morgan fingerprint density at radius 1 is 0.716 bits per heavy atom. The van der Waals surface area contributed by atoms with Crippen LogP contribution in [0.15, 0.2) is 139 Å². The second-order valence-electron chi connectivity index (χ2n) is 17.3. The van der Waals surface area contributed by atoms with Crippen LogP contribution in [0.4, 0.5) is 20.0 Å². The largest absolute Gasteiger partial charge is 0.737 e. The van der Waals surface area contributed by atoms with Crippen molar-refractivity contribution >= 4 is 41.6 Å². The van der Waals surface area contributed by atoms with Gasteiger partial charge in [0, 0.05) is 59.6 Å². The maximum atomic E-state index is 17.5. The highest BCUT2D eigenvalue weighted by Crippen LogP contribution is 2.46. The van der Waals surface area contributed by atoms with E-state index in [9.17, 15) is 29.8 Å². The predicted molar refractivity (Wildman–Crippen MR) is 247 cm³/mol. The Hall–Kier alpha value is -7.49. The van der Waals surface area contributed by atoms with Gasteiger partial charge in [0.25, 0.3) is 11.4 Å². The van der Waals surface area contributed by atoms with Crippen molar-refractivity contribution < 1.29 is 46.8 Å². The molecule has 3 heterocycles. The lowest BCUT2D eigenvalue weighted by Crippen LogP contribution is -2.51. The van der Waals surface area contributed by atoms with Crippen molar-refractivity contribution in [3.05, 3.63) is 187 Å². The third kappa shape index (κ3) is 9.20. The summed E-state index contributed by atoms with van der Waals surface area (Å²) in [6, 6.07) is 29.2. The van der Waals surface area contributed by atoms with Gasteiger partial charge in [-0.1, -0.05) is 79.6 Å². The standard InChI is InChI=1S/C51H47BF2N4O9/c53-52(54)55-42(36-12-5-3-6-13-36)23-25-46(55)51(47-26-24-43(56(47)52)37-14-7-4-8-15-37)40-30-35(21-27-48(40)65-33-41-44(57(61)62)16-11-17-45(41)58(63)64)31-66-49(59)18-9-1-2-10-19-50(60)67-32-39-29-34-20-22-38(39)28-34/h3-8,11-17,20-27,30,34,38-39H,1-2,9-10,18-19,28-29,31-33H2/t34?,38-,39+/m1/s1. The fourth-order valence-corrected chi connectivity index (χ4v) is 9.86. The number of benzene rings is 4. The summed E-state index contributed by atoms with van der Waals surface area (Å²) in [5.41, 5.74) is 1.69. The molecule has 16 heteroatoms. The Bertz CT molecular complexity index is 2840. The summed E-state index contributed by atoms with van der Waals surface area (Å²) in [6.07, 6.45) is 13.1. The number of carbonyl (C=O) groups excluding carboxylic acids is 2. The monoisotopic (exact) mass is 908 g/mol. The summed E-state index contributed by atoms with van der Waals surface area (Å²) in [5.74, 6) is 1.01. The lowest BCUT2D eigenvalue weighted by molar-refractivity contribution is -0.396. The van der Waals surface area contributed by atoms with E-state index in [1.165, 1.54) is 6.07 Å². The maximum Gasteiger partial charge on any atom is 0.737 e. The van der Waals surface area contributed by atoms with Crippen LogP contribution in [0.2, 0.25) is 0 Å². The molecule has 1 fully saturated rings. The van der Waals surface area contributed by atoms with Crippen molar-refractivity contribution in [1.82, 2.24) is 4.48 Å². The highest BCUT2D eigenvalue weighted by molar-refractivity contribution is 6.59. The molecule has 3 atom stereocenters. The molecule has 13 nitrogen and oxygen atoms in total. The second kappa shape index (κ2) is 19.2. The Morgan fingerprint density at radius 2 is 1.37 bits per heavy atom. The van der Waals surface area contributed by atoms with Gasteiger partial charge < -0.3 is 31.8 Å². The Balaban J connectivity index is 0.987. The lowest BCUT2D eigenvalue weighted by atomic mass is 9.84. The van der Waals surface area contributed by atoms with E-state index in [0.717, 1.165) is 40.4 Å². The first-order chi connectivity index (χ1) is 32.5. The van der Waals surface area contributed by atoms with Crippen LogP contribution >= 0.6 is 0 Å². The molecular formula is C51H47BF2N4O9. The van der Waals surface area contributed by atoms with Crippen LogP contribution in [0.25, 0.3) is 16.8 Å². The molecule has 1 aromatic heterocycles. The molecule has 1 saturated carbocycles. The molecule has 342 valence electrons. The number of nitrogens with zero attached hydrogens (tertiary/aromatic N) is 4. The topological polar surface area (TPSA) is 156 Å². The molecule has 0 radical (unpaired) electrons. The molecule has 1 unspecified atom stereocenters. The molecule has 2 aliphatic heterocycles. The zero-order valence-electron chi connectivity index (χ0n) is 36.5. The van der Waals surface area contributed by atoms with Gasteiger partial charge in [0.05, 0.1) is 22.0 Å².